The van der Waals surface area contributed by atoms with Crippen LogP contribution < -0.4 is 4.74 Å². The zero-order valence-electron chi connectivity index (χ0n) is 18.2. The summed E-state index contributed by atoms with van der Waals surface area (Å²) >= 11 is 6.11. The fraction of sp³-hybridized carbons (Fsp3) is 0.440. The first-order valence-corrected chi connectivity index (χ1v) is 11.5. The lowest BCUT2D eigenvalue weighted by molar-refractivity contribution is -0.139. The molecule has 2 aromatic carbocycles. The molecule has 2 aromatic rings. The van der Waals surface area contributed by atoms with Crippen molar-refractivity contribution in [3.05, 3.63) is 65.2 Å². The highest BCUT2D eigenvalue weighted by Gasteiger charge is 2.41. The van der Waals surface area contributed by atoms with Crippen LogP contribution in [0.3, 0.4) is 0 Å². The number of hydrogen-bond acceptors (Lipinski definition) is 4. The number of carbonyl (C=O) groups excluding carboxylic acids is 2. The quantitative estimate of drug-likeness (QED) is 0.661. The van der Waals surface area contributed by atoms with E-state index in [1.165, 1.54) is 0 Å². The van der Waals surface area contributed by atoms with E-state index in [-0.39, 0.29) is 11.8 Å². The molecular formula is C25H29ClN2O4. The molecule has 2 fully saturated rings. The smallest absolute Gasteiger partial charge is 0.253 e. The SMILES string of the molecule is O=C(C[C@]1(COc2ccccc2)CCCN(C(=O)c2cccc(Cl)c2)C1)N1CCOCC1. The van der Waals surface area contributed by atoms with Crippen molar-refractivity contribution in [2.45, 2.75) is 19.3 Å². The normalized spacial score (nSPS) is 21.3. The Kier molecular flexibility index (Phi) is 7.33. The Labute approximate surface area is 194 Å². The molecule has 0 spiro atoms. The highest BCUT2D eigenvalue weighted by molar-refractivity contribution is 6.30. The zero-order valence-corrected chi connectivity index (χ0v) is 18.9. The molecule has 32 heavy (non-hydrogen) atoms. The van der Waals surface area contributed by atoms with Crippen molar-refractivity contribution in [3.8, 4) is 5.75 Å². The maximum Gasteiger partial charge on any atom is 0.253 e. The molecule has 0 aliphatic carbocycles. The molecule has 7 heteroatoms. The number of carbonyl (C=O) groups is 2. The van der Waals surface area contributed by atoms with Gasteiger partial charge in [-0.2, -0.15) is 0 Å². The third-order valence-electron chi connectivity index (χ3n) is 6.20. The Morgan fingerprint density at radius 1 is 1.00 bits per heavy atom. The van der Waals surface area contributed by atoms with E-state index in [1.807, 2.05) is 40.1 Å². The van der Waals surface area contributed by atoms with Crippen molar-refractivity contribution in [2.24, 2.45) is 5.41 Å². The number of amides is 2. The topological polar surface area (TPSA) is 59.1 Å². The molecule has 1 atom stereocenters. The summed E-state index contributed by atoms with van der Waals surface area (Å²) in [4.78, 5) is 30.1. The second kappa shape index (κ2) is 10.4. The van der Waals surface area contributed by atoms with Crippen LogP contribution in [-0.4, -0.2) is 67.6 Å². The molecule has 0 aromatic heterocycles. The fourth-order valence-corrected chi connectivity index (χ4v) is 4.69. The van der Waals surface area contributed by atoms with Crippen molar-refractivity contribution in [3.63, 3.8) is 0 Å². The highest BCUT2D eigenvalue weighted by Crippen LogP contribution is 2.36. The van der Waals surface area contributed by atoms with Crippen LogP contribution in [0.4, 0.5) is 0 Å². The first kappa shape index (κ1) is 22.6. The summed E-state index contributed by atoms with van der Waals surface area (Å²) in [6.07, 6.45) is 2.00. The molecule has 170 valence electrons. The lowest BCUT2D eigenvalue weighted by Gasteiger charge is -2.43. The van der Waals surface area contributed by atoms with E-state index in [2.05, 4.69) is 0 Å². The number of para-hydroxylation sites is 1. The average molecular weight is 457 g/mol. The van der Waals surface area contributed by atoms with Gasteiger partial charge >= 0.3 is 0 Å². The number of piperidine rings is 1. The highest BCUT2D eigenvalue weighted by atomic mass is 35.5. The van der Waals surface area contributed by atoms with Gasteiger partial charge in [-0.3, -0.25) is 9.59 Å². The van der Waals surface area contributed by atoms with Crippen molar-refractivity contribution >= 4 is 23.4 Å². The van der Waals surface area contributed by atoms with Gasteiger partial charge in [-0.05, 0) is 43.2 Å². The number of halogens is 1. The van der Waals surface area contributed by atoms with Gasteiger partial charge in [0.2, 0.25) is 5.91 Å². The third-order valence-corrected chi connectivity index (χ3v) is 6.43. The fourth-order valence-electron chi connectivity index (χ4n) is 4.50. The summed E-state index contributed by atoms with van der Waals surface area (Å²) in [7, 11) is 0. The van der Waals surface area contributed by atoms with E-state index in [9.17, 15) is 9.59 Å². The molecule has 0 N–H and O–H groups in total. The first-order chi connectivity index (χ1) is 15.5. The Morgan fingerprint density at radius 3 is 2.53 bits per heavy atom. The summed E-state index contributed by atoms with van der Waals surface area (Å²) in [6.45, 7) is 3.87. The summed E-state index contributed by atoms with van der Waals surface area (Å²) in [5, 5.41) is 0.536. The minimum absolute atomic E-state index is 0.0601. The molecule has 0 saturated carbocycles. The second-order valence-electron chi connectivity index (χ2n) is 8.61. The van der Waals surface area contributed by atoms with E-state index in [0.717, 1.165) is 18.6 Å². The Morgan fingerprint density at radius 2 is 1.78 bits per heavy atom. The molecule has 0 radical (unpaired) electrons. The lowest BCUT2D eigenvalue weighted by atomic mass is 9.77. The number of ether oxygens (including phenoxy) is 2. The van der Waals surface area contributed by atoms with E-state index in [0.29, 0.717) is 63.0 Å². The van der Waals surface area contributed by atoms with Crippen LogP contribution in [0, 0.1) is 5.41 Å². The predicted molar refractivity (Wildman–Crippen MR) is 123 cm³/mol. The summed E-state index contributed by atoms with van der Waals surface area (Å²) < 4.78 is 11.5. The zero-order chi connectivity index (χ0) is 22.4. The van der Waals surface area contributed by atoms with Crippen LogP contribution >= 0.6 is 11.6 Å². The maximum atomic E-state index is 13.2. The third kappa shape index (κ3) is 5.61. The van der Waals surface area contributed by atoms with E-state index in [1.54, 1.807) is 24.3 Å². The van der Waals surface area contributed by atoms with Crippen LogP contribution in [0.5, 0.6) is 5.75 Å². The van der Waals surface area contributed by atoms with Crippen molar-refractivity contribution < 1.29 is 19.1 Å². The van der Waals surface area contributed by atoms with E-state index < -0.39 is 5.41 Å². The van der Waals surface area contributed by atoms with E-state index in [4.69, 9.17) is 21.1 Å². The molecule has 2 aliphatic rings. The average Bonchev–Trinajstić information content (AvgIpc) is 2.84. The molecule has 4 rings (SSSR count). The predicted octanol–water partition coefficient (Wildman–Crippen LogP) is 3.89. The van der Waals surface area contributed by atoms with Gasteiger partial charge in [0.25, 0.3) is 5.91 Å². The molecular weight excluding hydrogens is 428 g/mol. The van der Waals surface area contributed by atoms with Gasteiger partial charge in [0.15, 0.2) is 0 Å². The van der Waals surface area contributed by atoms with Gasteiger partial charge in [-0.1, -0.05) is 35.9 Å². The van der Waals surface area contributed by atoms with Gasteiger partial charge < -0.3 is 19.3 Å². The number of morpholine rings is 1. The first-order valence-electron chi connectivity index (χ1n) is 11.1. The van der Waals surface area contributed by atoms with Crippen molar-refractivity contribution in [1.29, 1.82) is 0 Å². The molecule has 2 aliphatic heterocycles. The minimum Gasteiger partial charge on any atom is -0.493 e. The minimum atomic E-state index is -0.447. The Hall–Kier alpha value is -2.57. The van der Waals surface area contributed by atoms with Crippen LogP contribution in [0.2, 0.25) is 5.02 Å². The molecule has 0 bridgehead atoms. The largest absolute Gasteiger partial charge is 0.493 e. The van der Waals surface area contributed by atoms with Crippen LogP contribution in [0.1, 0.15) is 29.6 Å². The second-order valence-corrected chi connectivity index (χ2v) is 9.05. The van der Waals surface area contributed by atoms with Crippen LogP contribution in [0.15, 0.2) is 54.6 Å². The maximum absolute atomic E-state index is 13.2. The van der Waals surface area contributed by atoms with Gasteiger partial charge in [-0.25, -0.2) is 0 Å². The van der Waals surface area contributed by atoms with Crippen LogP contribution in [0.25, 0.3) is 0 Å². The number of hydrogen-bond donors (Lipinski definition) is 0. The van der Waals surface area contributed by atoms with Gasteiger partial charge in [0.05, 0.1) is 19.8 Å². The molecule has 2 amide bonds. The van der Waals surface area contributed by atoms with Gasteiger partial charge in [0.1, 0.15) is 5.75 Å². The van der Waals surface area contributed by atoms with Crippen LogP contribution in [-0.2, 0) is 9.53 Å². The van der Waals surface area contributed by atoms with Gasteiger partial charge in [0, 0.05) is 48.6 Å². The van der Waals surface area contributed by atoms with Crippen molar-refractivity contribution in [2.75, 3.05) is 46.0 Å². The molecule has 6 nitrogen and oxygen atoms in total. The molecule has 2 heterocycles. The summed E-state index contributed by atoms with van der Waals surface area (Å²) in [5.41, 5.74) is 0.120. The Balaban J connectivity index is 1.52. The summed E-state index contributed by atoms with van der Waals surface area (Å²) in [6, 6.07) is 16.6. The molecule has 0 unspecified atom stereocenters. The van der Waals surface area contributed by atoms with Gasteiger partial charge in [-0.15, -0.1) is 0 Å². The number of likely N-dealkylation sites (tertiary alicyclic amines) is 1. The Bertz CT molecular complexity index is 933. The number of rotatable bonds is 6. The summed E-state index contributed by atoms with van der Waals surface area (Å²) in [5.74, 6) is 0.807. The van der Waals surface area contributed by atoms with E-state index >= 15 is 0 Å². The molecule has 2 saturated heterocycles. The monoisotopic (exact) mass is 456 g/mol. The number of nitrogens with zero attached hydrogens (tertiary/aromatic N) is 2. The van der Waals surface area contributed by atoms with Crippen molar-refractivity contribution in [1.82, 2.24) is 9.80 Å². The number of benzene rings is 2. The lowest BCUT2D eigenvalue weighted by Crippen LogP contribution is -2.52. The standard InChI is InChI=1S/C25H29ClN2O4/c26-21-7-4-6-20(16-21)24(30)28-11-5-10-25(18-28,19-32-22-8-2-1-3-9-22)17-23(29)27-12-14-31-15-13-27/h1-4,6-9,16H,5,10-15,17-19H2/t25-/m1/s1.